The normalized spacial score (nSPS) is 16.4. The number of piperidine rings is 1. The molecule has 2 heterocycles. The fourth-order valence-electron chi connectivity index (χ4n) is 3.54. The fourth-order valence-corrected chi connectivity index (χ4v) is 4.19. The Balaban J connectivity index is 1.43. The summed E-state index contributed by atoms with van der Waals surface area (Å²) in [5.74, 6) is 0.550. The van der Waals surface area contributed by atoms with E-state index < -0.39 is 0 Å². The predicted molar refractivity (Wildman–Crippen MR) is 123 cm³/mol. The Hall–Kier alpha value is -2.34. The Bertz CT molecular complexity index is 1020. The molecule has 2 aromatic carbocycles. The zero-order valence-corrected chi connectivity index (χ0v) is 18.3. The molecule has 1 N–H and O–H groups in total. The van der Waals surface area contributed by atoms with Crippen LogP contribution in [0.15, 0.2) is 54.6 Å². The number of amides is 1. The Morgan fingerprint density at radius 1 is 0.933 bits per heavy atom. The molecule has 0 saturated carbocycles. The number of nitrogens with one attached hydrogen (secondary N) is 1. The Kier molecular flexibility index (Phi) is 6.42. The maximum absolute atomic E-state index is 12.8. The van der Waals surface area contributed by atoms with Crippen LogP contribution in [0.2, 0.25) is 15.1 Å². The highest BCUT2D eigenvalue weighted by Gasteiger charge is 2.27. The van der Waals surface area contributed by atoms with Crippen molar-refractivity contribution in [1.29, 1.82) is 0 Å². The van der Waals surface area contributed by atoms with Crippen molar-refractivity contribution < 1.29 is 4.79 Å². The molecule has 1 atom stereocenters. The molecule has 1 aliphatic rings. The van der Waals surface area contributed by atoms with Crippen LogP contribution in [0.3, 0.4) is 0 Å². The number of hydrogen-bond acceptors (Lipinski definition) is 4. The fraction of sp³-hybridized carbons (Fsp3) is 0.227. The standard InChI is InChI=1S/C22H19Cl3N4O/c23-16-5-3-14(4-6-16)20-7-8-21(28-27-20)29-9-1-2-15(13-29)22(30)26-19-11-17(24)10-18(25)12-19/h3-8,10-12,15H,1-2,9,13H2,(H,26,30). The van der Waals surface area contributed by atoms with E-state index in [1.165, 1.54) is 0 Å². The number of carbonyl (C=O) groups is 1. The highest BCUT2D eigenvalue weighted by molar-refractivity contribution is 6.35. The van der Waals surface area contributed by atoms with E-state index >= 15 is 0 Å². The Labute approximate surface area is 190 Å². The summed E-state index contributed by atoms with van der Waals surface area (Å²) in [6.07, 6.45) is 1.71. The van der Waals surface area contributed by atoms with Gasteiger partial charge in [-0.1, -0.05) is 46.9 Å². The van der Waals surface area contributed by atoms with Gasteiger partial charge in [0.15, 0.2) is 5.82 Å². The topological polar surface area (TPSA) is 58.1 Å². The van der Waals surface area contributed by atoms with Gasteiger partial charge in [-0.05, 0) is 55.3 Å². The molecule has 1 aliphatic heterocycles. The van der Waals surface area contributed by atoms with Crippen molar-refractivity contribution in [2.45, 2.75) is 12.8 Å². The maximum atomic E-state index is 12.8. The summed E-state index contributed by atoms with van der Waals surface area (Å²) in [6, 6.07) is 16.4. The molecule has 0 bridgehead atoms. The molecule has 1 saturated heterocycles. The number of hydrogen-bond donors (Lipinski definition) is 1. The van der Waals surface area contributed by atoms with Gasteiger partial charge in [-0.2, -0.15) is 0 Å². The molecule has 0 radical (unpaired) electrons. The predicted octanol–water partition coefficient (Wildman–Crippen LogP) is 5.96. The second-order valence-electron chi connectivity index (χ2n) is 7.22. The third kappa shape index (κ3) is 5.04. The lowest BCUT2D eigenvalue weighted by Gasteiger charge is -2.32. The zero-order chi connectivity index (χ0) is 21.1. The molecular formula is C22H19Cl3N4O. The van der Waals surface area contributed by atoms with Crippen molar-refractivity contribution in [3.63, 3.8) is 0 Å². The lowest BCUT2D eigenvalue weighted by atomic mass is 9.97. The first kappa shape index (κ1) is 20.9. The number of aromatic nitrogens is 2. The molecule has 8 heteroatoms. The van der Waals surface area contributed by atoms with Gasteiger partial charge in [0.2, 0.25) is 5.91 Å². The molecule has 1 fully saturated rings. The lowest BCUT2D eigenvalue weighted by molar-refractivity contribution is -0.120. The van der Waals surface area contributed by atoms with E-state index in [0.717, 1.165) is 36.5 Å². The van der Waals surface area contributed by atoms with Gasteiger partial charge in [0.1, 0.15) is 0 Å². The number of carbonyl (C=O) groups excluding carboxylic acids is 1. The summed E-state index contributed by atoms with van der Waals surface area (Å²) in [7, 11) is 0. The number of nitrogens with zero attached hydrogens (tertiary/aromatic N) is 3. The highest BCUT2D eigenvalue weighted by atomic mass is 35.5. The molecule has 0 spiro atoms. The summed E-state index contributed by atoms with van der Waals surface area (Å²) in [4.78, 5) is 14.9. The Morgan fingerprint density at radius 2 is 1.67 bits per heavy atom. The molecule has 1 amide bonds. The molecule has 1 aromatic heterocycles. The minimum absolute atomic E-state index is 0.0521. The van der Waals surface area contributed by atoms with Crippen molar-refractivity contribution in [2.75, 3.05) is 23.3 Å². The van der Waals surface area contributed by atoms with Crippen molar-refractivity contribution in [1.82, 2.24) is 10.2 Å². The van der Waals surface area contributed by atoms with Crippen molar-refractivity contribution in [3.05, 3.63) is 69.7 Å². The molecular weight excluding hydrogens is 443 g/mol. The SMILES string of the molecule is O=C(Nc1cc(Cl)cc(Cl)c1)C1CCCN(c2ccc(-c3ccc(Cl)cc3)nn2)C1. The van der Waals surface area contributed by atoms with E-state index in [1.807, 2.05) is 36.4 Å². The molecule has 30 heavy (non-hydrogen) atoms. The van der Waals surface area contributed by atoms with Gasteiger partial charge in [-0.15, -0.1) is 10.2 Å². The minimum Gasteiger partial charge on any atom is -0.354 e. The Morgan fingerprint density at radius 3 is 2.33 bits per heavy atom. The minimum atomic E-state index is -0.158. The summed E-state index contributed by atoms with van der Waals surface area (Å²) in [5.41, 5.74) is 2.33. The van der Waals surface area contributed by atoms with Gasteiger partial charge in [0, 0.05) is 39.4 Å². The smallest absolute Gasteiger partial charge is 0.229 e. The first-order chi connectivity index (χ1) is 14.5. The number of halogens is 3. The maximum Gasteiger partial charge on any atom is 0.229 e. The van der Waals surface area contributed by atoms with Crippen LogP contribution < -0.4 is 10.2 Å². The van der Waals surface area contributed by atoms with Gasteiger partial charge >= 0.3 is 0 Å². The van der Waals surface area contributed by atoms with E-state index in [-0.39, 0.29) is 11.8 Å². The van der Waals surface area contributed by atoms with Crippen LogP contribution >= 0.6 is 34.8 Å². The van der Waals surface area contributed by atoms with Crippen LogP contribution in [-0.2, 0) is 4.79 Å². The van der Waals surface area contributed by atoms with E-state index in [2.05, 4.69) is 20.4 Å². The third-order valence-electron chi connectivity index (χ3n) is 5.04. The average Bonchev–Trinajstić information content (AvgIpc) is 2.74. The van der Waals surface area contributed by atoms with Crippen LogP contribution in [0.4, 0.5) is 11.5 Å². The quantitative estimate of drug-likeness (QED) is 0.521. The molecule has 3 aromatic rings. The van der Waals surface area contributed by atoms with Gasteiger partial charge < -0.3 is 10.2 Å². The van der Waals surface area contributed by atoms with E-state index in [4.69, 9.17) is 34.8 Å². The van der Waals surface area contributed by atoms with Crippen LogP contribution in [0.1, 0.15) is 12.8 Å². The third-order valence-corrected chi connectivity index (χ3v) is 5.73. The first-order valence-corrected chi connectivity index (χ1v) is 10.7. The number of anilines is 2. The second-order valence-corrected chi connectivity index (χ2v) is 8.53. The second kappa shape index (κ2) is 9.21. The van der Waals surface area contributed by atoms with Gasteiger partial charge in [-0.25, -0.2) is 0 Å². The number of rotatable bonds is 4. The van der Waals surface area contributed by atoms with E-state index in [0.29, 0.717) is 27.3 Å². The monoisotopic (exact) mass is 460 g/mol. The lowest BCUT2D eigenvalue weighted by Crippen LogP contribution is -2.41. The zero-order valence-electron chi connectivity index (χ0n) is 16.0. The van der Waals surface area contributed by atoms with E-state index in [1.54, 1.807) is 18.2 Å². The summed E-state index contributed by atoms with van der Waals surface area (Å²) >= 11 is 18.0. The highest BCUT2D eigenvalue weighted by Crippen LogP contribution is 2.26. The molecule has 1 unspecified atom stereocenters. The van der Waals surface area contributed by atoms with E-state index in [9.17, 15) is 4.79 Å². The number of benzene rings is 2. The van der Waals surface area contributed by atoms with Gasteiger partial charge in [0.25, 0.3) is 0 Å². The van der Waals surface area contributed by atoms with Gasteiger partial charge in [-0.3, -0.25) is 4.79 Å². The van der Waals surface area contributed by atoms with Crippen molar-refractivity contribution in [3.8, 4) is 11.3 Å². The van der Waals surface area contributed by atoms with Crippen LogP contribution in [0.5, 0.6) is 0 Å². The van der Waals surface area contributed by atoms with Crippen LogP contribution in [0.25, 0.3) is 11.3 Å². The van der Waals surface area contributed by atoms with Crippen LogP contribution in [0, 0.1) is 5.92 Å². The summed E-state index contributed by atoms with van der Waals surface area (Å²) < 4.78 is 0. The van der Waals surface area contributed by atoms with Crippen LogP contribution in [-0.4, -0.2) is 29.2 Å². The average molecular weight is 462 g/mol. The molecule has 154 valence electrons. The van der Waals surface area contributed by atoms with Crippen molar-refractivity contribution >= 4 is 52.2 Å². The molecule has 4 rings (SSSR count). The van der Waals surface area contributed by atoms with Gasteiger partial charge in [0.05, 0.1) is 11.6 Å². The summed E-state index contributed by atoms with van der Waals surface area (Å²) in [6.45, 7) is 1.41. The largest absolute Gasteiger partial charge is 0.354 e. The summed E-state index contributed by atoms with van der Waals surface area (Å²) in [5, 5.41) is 13.3. The molecule has 5 nitrogen and oxygen atoms in total. The molecule has 0 aliphatic carbocycles. The first-order valence-electron chi connectivity index (χ1n) is 9.59. The van der Waals surface area contributed by atoms with Crippen molar-refractivity contribution in [2.24, 2.45) is 5.92 Å².